The Morgan fingerprint density at radius 3 is 2.84 bits per heavy atom. The number of benzene rings is 1. The lowest BCUT2D eigenvalue weighted by molar-refractivity contribution is 0.0167. The zero-order chi connectivity index (χ0) is 13.5. The van der Waals surface area contributed by atoms with E-state index in [-0.39, 0.29) is 5.60 Å². The van der Waals surface area contributed by atoms with Gasteiger partial charge < -0.3 is 4.74 Å². The summed E-state index contributed by atoms with van der Waals surface area (Å²) in [6.45, 7) is 5.13. The second-order valence-corrected chi connectivity index (χ2v) is 7.14. The van der Waals surface area contributed by atoms with Crippen LogP contribution in [0.5, 0.6) is 0 Å². The van der Waals surface area contributed by atoms with Crippen molar-refractivity contribution >= 4 is 27.3 Å². The molecule has 2 aromatic rings. The molecule has 1 aromatic heterocycles. The van der Waals surface area contributed by atoms with Crippen molar-refractivity contribution in [1.29, 1.82) is 0 Å². The van der Waals surface area contributed by atoms with Crippen molar-refractivity contribution in [3.63, 3.8) is 0 Å². The van der Waals surface area contributed by atoms with E-state index in [1.165, 1.54) is 4.88 Å². The molecule has 0 radical (unpaired) electrons. The Kier molecular flexibility index (Phi) is 3.50. The normalized spacial score (nSPS) is 22.9. The summed E-state index contributed by atoms with van der Waals surface area (Å²) in [7, 11) is 0. The van der Waals surface area contributed by atoms with Gasteiger partial charge in [-0.3, -0.25) is 0 Å². The maximum Gasteiger partial charge on any atom is 0.125 e. The highest BCUT2D eigenvalue weighted by Crippen LogP contribution is 2.41. The van der Waals surface area contributed by atoms with E-state index in [9.17, 15) is 0 Å². The van der Waals surface area contributed by atoms with Crippen LogP contribution in [0.2, 0.25) is 0 Å². The minimum absolute atomic E-state index is 0.186. The lowest BCUT2D eigenvalue weighted by atomic mass is 10.0. The summed E-state index contributed by atoms with van der Waals surface area (Å²) in [6.07, 6.45) is 2.19. The van der Waals surface area contributed by atoms with Gasteiger partial charge in [0.15, 0.2) is 0 Å². The van der Waals surface area contributed by atoms with Gasteiger partial charge in [-0.15, -0.1) is 11.3 Å². The third-order valence-electron chi connectivity index (χ3n) is 3.60. The molecule has 3 rings (SSSR count). The predicted octanol–water partition coefficient (Wildman–Crippen LogP) is 4.91. The van der Waals surface area contributed by atoms with Crippen molar-refractivity contribution in [2.75, 3.05) is 6.61 Å². The minimum Gasteiger partial charge on any atom is -0.368 e. The summed E-state index contributed by atoms with van der Waals surface area (Å²) in [5, 5.41) is 1.10. The van der Waals surface area contributed by atoms with Gasteiger partial charge in [-0.25, -0.2) is 4.98 Å². The van der Waals surface area contributed by atoms with E-state index < -0.39 is 0 Å². The molecule has 1 saturated heterocycles. The average Bonchev–Trinajstić information content (AvgIpc) is 2.98. The van der Waals surface area contributed by atoms with Crippen LogP contribution in [0.25, 0.3) is 11.3 Å². The highest BCUT2D eigenvalue weighted by atomic mass is 79.9. The van der Waals surface area contributed by atoms with Gasteiger partial charge in [0.05, 0.1) is 5.69 Å². The molecule has 2 nitrogen and oxygen atoms in total. The Morgan fingerprint density at radius 1 is 1.37 bits per heavy atom. The molecule has 0 aliphatic carbocycles. The predicted molar refractivity (Wildman–Crippen MR) is 82.5 cm³/mol. The molecule has 0 N–H and O–H groups in total. The van der Waals surface area contributed by atoms with Crippen molar-refractivity contribution < 1.29 is 4.74 Å². The summed E-state index contributed by atoms with van der Waals surface area (Å²) >= 11 is 5.36. The number of halogens is 1. The number of hydrogen-bond donors (Lipinski definition) is 0. The van der Waals surface area contributed by atoms with E-state index in [0.29, 0.717) is 0 Å². The zero-order valence-electron chi connectivity index (χ0n) is 11.1. The third-order valence-corrected chi connectivity index (χ3v) is 5.50. The van der Waals surface area contributed by atoms with Gasteiger partial charge in [0.25, 0.3) is 0 Å². The van der Waals surface area contributed by atoms with E-state index in [0.717, 1.165) is 40.2 Å². The molecular formula is C15H16BrNOS. The molecule has 2 heterocycles. The summed E-state index contributed by atoms with van der Waals surface area (Å²) in [5.74, 6) is 0. The Morgan fingerprint density at radius 2 is 2.16 bits per heavy atom. The first-order chi connectivity index (χ1) is 9.10. The van der Waals surface area contributed by atoms with Crippen LogP contribution in [0.4, 0.5) is 0 Å². The minimum atomic E-state index is -0.186. The zero-order valence-corrected chi connectivity index (χ0v) is 13.5. The standard InChI is InChI=1S/C15H16BrNOS/c1-10-13(11-6-3-4-7-12(11)16)17-14(19-10)15(2)8-5-9-18-15/h3-4,6-7H,5,8-9H2,1-2H3. The van der Waals surface area contributed by atoms with Gasteiger partial charge in [0.2, 0.25) is 0 Å². The van der Waals surface area contributed by atoms with Gasteiger partial charge >= 0.3 is 0 Å². The van der Waals surface area contributed by atoms with E-state index in [2.05, 4.69) is 41.9 Å². The second kappa shape index (κ2) is 5.00. The number of hydrogen-bond acceptors (Lipinski definition) is 3. The molecule has 19 heavy (non-hydrogen) atoms. The maximum absolute atomic E-state index is 5.90. The third kappa shape index (κ3) is 2.37. The van der Waals surface area contributed by atoms with Crippen molar-refractivity contribution in [3.05, 3.63) is 38.6 Å². The summed E-state index contributed by atoms with van der Waals surface area (Å²) < 4.78 is 6.99. The molecule has 0 spiro atoms. The van der Waals surface area contributed by atoms with E-state index in [4.69, 9.17) is 9.72 Å². The number of rotatable bonds is 2. The van der Waals surface area contributed by atoms with Crippen molar-refractivity contribution in [1.82, 2.24) is 4.98 Å². The topological polar surface area (TPSA) is 22.1 Å². The van der Waals surface area contributed by atoms with E-state index >= 15 is 0 Å². The molecule has 1 aliphatic heterocycles. The number of thiazole rings is 1. The van der Waals surface area contributed by atoms with Crippen LogP contribution in [-0.4, -0.2) is 11.6 Å². The average molecular weight is 338 g/mol. The monoisotopic (exact) mass is 337 g/mol. The Hall–Kier alpha value is -0.710. The Labute approximate surface area is 126 Å². The van der Waals surface area contributed by atoms with Gasteiger partial charge in [-0.05, 0) is 32.8 Å². The first-order valence-electron chi connectivity index (χ1n) is 6.47. The molecule has 4 heteroatoms. The van der Waals surface area contributed by atoms with Crippen LogP contribution in [0.1, 0.15) is 29.7 Å². The summed E-state index contributed by atoms with van der Waals surface area (Å²) in [4.78, 5) is 6.11. The quantitative estimate of drug-likeness (QED) is 0.776. The van der Waals surface area contributed by atoms with Crippen molar-refractivity contribution in [2.45, 2.75) is 32.3 Å². The molecule has 100 valence electrons. The molecule has 0 saturated carbocycles. The van der Waals surface area contributed by atoms with E-state index in [1.807, 2.05) is 12.1 Å². The van der Waals surface area contributed by atoms with Gasteiger partial charge in [-0.1, -0.05) is 34.1 Å². The van der Waals surface area contributed by atoms with Gasteiger partial charge in [-0.2, -0.15) is 0 Å². The van der Waals surface area contributed by atoms with Gasteiger partial charge in [0, 0.05) is 21.5 Å². The van der Waals surface area contributed by atoms with Gasteiger partial charge in [0.1, 0.15) is 10.6 Å². The largest absolute Gasteiger partial charge is 0.368 e. The van der Waals surface area contributed by atoms with Crippen LogP contribution in [0.15, 0.2) is 28.7 Å². The first kappa shape index (κ1) is 13.3. The maximum atomic E-state index is 5.90. The molecule has 1 fully saturated rings. The highest BCUT2D eigenvalue weighted by Gasteiger charge is 2.35. The van der Waals surface area contributed by atoms with Crippen molar-refractivity contribution in [3.8, 4) is 11.3 Å². The van der Waals surface area contributed by atoms with Crippen LogP contribution in [0, 0.1) is 6.92 Å². The molecule has 1 aliphatic rings. The number of ether oxygens (including phenoxy) is 1. The fourth-order valence-electron chi connectivity index (χ4n) is 2.47. The lowest BCUT2D eigenvalue weighted by Gasteiger charge is -2.19. The second-order valence-electron chi connectivity index (χ2n) is 5.09. The van der Waals surface area contributed by atoms with Crippen LogP contribution in [0.3, 0.4) is 0 Å². The van der Waals surface area contributed by atoms with E-state index in [1.54, 1.807) is 11.3 Å². The number of nitrogens with zero attached hydrogens (tertiary/aromatic N) is 1. The first-order valence-corrected chi connectivity index (χ1v) is 8.08. The van der Waals surface area contributed by atoms with Crippen LogP contribution < -0.4 is 0 Å². The van der Waals surface area contributed by atoms with Crippen LogP contribution in [-0.2, 0) is 10.3 Å². The molecular weight excluding hydrogens is 322 g/mol. The molecule has 1 atom stereocenters. The summed E-state index contributed by atoms with van der Waals surface area (Å²) in [5.41, 5.74) is 2.04. The lowest BCUT2D eigenvalue weighted by Crippen LogP contribution is -2.19. The highest BCUT2D eigenvalue weighted by molar-refractivity contribution is 9.10. The molecule has 0 bridgehead atoms. The molecule has 1 aromatic carbocycles. The fourth-order valence-corrected chi connectivity index (χ4v) is 4.00. The summed E-state index contributed by atoms with van der Waals surface area (Å²) in [6, 6.07) is 8.24. The Balaban J connectivity index is 2.05. The van der Waals surface area contributed by atoms with Crippen molar-refractivity contribution in [2.24, 2.45) is 0 Å². The molecule has 1 unspecified atom stereocenters. The SMILES string of the molecule is Cc1sc(C2(C)CCCO2)nc1-c1ccccc1Br. The number of aryl methyl sites for hydroxylation is 1. The molecule has 0 amide bonds. The van der Waals surface area contributed by atoms with Crippen LogP contribution >= 0.6 is 27.3 Å². The smallest absolute Gasteiger partial charge is 0.125 e. The number of aromatic nitrogens is 1. The fraction of sp³-hybridized carbons (Fsp3) is 0.400. The Bertz CT molecular complexity index is 602.